The molecule has 0 spiro atoms. The molecule has 3 rings (SSSR count). The van der Waals surface area contributed by atoms with E-state index in [0.717, 1.165) is 6.08 Å². The topological polar surface area (TPSA) is 134 Å². The van der Waals surface area contributed by atoms with Crippen LogP contribution < -0.4 is 10.1 Å². The van der Waals surface area contributed by atoms with Gasteiger partial charge in [0.1, 0.15) is 17.0 Å². The van der Waals surface area contributed by atoms with Gasteiger partial charge in [0.15, 0.2) is 11.7 Å². The van der Waals surface area contributed by atoms with Crippen molar-refractivity contribution in [3.63, 3.8) is 0 Å². The predicted octanol–water partition coefficient (Wildman–Crippen LogP) is 3.33. The van der Waals surface area contributed by atoms with E-state index < -0.39 is 22.9 Å². The highest BCUT2D eigenvalue weighted by molar-refractivity contribution is 5.98. The molecule has 0 aliphatic carbocycles. The molecule has 154 valence electrons. The van der Waals surface area contributed by atoms with Gasteiger partial charge in [0.2, 0.25) is 5.89 Å². The Labute approximate surface area is 170 Å². The predicted molar refractivity (Wildman–Crippen MR) is 107 cm³/mol. The second kappa shape index (κ2) is 8.86. The Hall–Kier alpha value is -4.21. The molecule has 1 amide bonds. The lowest BCUT2D eigenvalue weighted by Gasteiger charge is -2.12. The third-order valence-corrected chi connectivity index (χ3v) is 3.99. The normalized spacial score (nSPS) is 11.9. The van der Waals surface area contributed by atoms with Crippen molar-refractivity contribution in [1.29, 1.82) is 0 Å². The third-order valence-electron chi connectivity index (χ3n) is 3.99. The summed E-state index contributed by atoms with van der Waals surface area (Å²) in [6.45, 7) is 1.34. The number of anilines is 1. The summed E-state index contributed by atoms with van der Waals surface area (Å²) in [5.74, 6) is -1.06. The highest BCUT2D eigenvalue weighted by Crippen LogP contribution is 2.29. The number of hydrogen-bond acceptors (Lipinski definition) is 8. The first kappa shape index (κ1) is 20.5. The minimum absolute atomic E-state index is 0.0456. The zero-order valence-electron chi connectivity index (χ0n) is 16.0. The Bertz CT molecular complexity index is 1100. The number of ether oxygens (including phenoxy) is 2. The van der Waals surface area contributed by atoms with Crippen LogP contribution in [0, 0.1) is 10.1 Å². The maximum absolute atomic E-state index is 12.3. The van der Waals surface area contributed by atoms with Crippen molar-refractivity contribution in [1.82, 2.24) is 4.98 Å². The van der Waals surface area contributed by atoms with E-state index in [1.807, 2.05) is 0 Å². The first-order valence-corrected chi connectivity index (χ1v) is 8.75. The molecule has 0 bridgehead atoms. The van der Waals surface area contributed by atoms with Crippen LogP contribution in [-0.2, 0) is 14.3 Å². The summed E-state index contributed by atoms with van der Waals surface area (Å²) in [5, 5.41) is 13.6. The van der Waals surface area contributed by atoms with E-state index in [0.29, 0.717) is 11.1 Å². The van der Waals surface area contributed by atoms with E-state index in [-0.39, 0.29) is 23.0 Å². The number of nitrogens with one attached hydrogen (secondary N) is 1. The van der Waals surface area contributed by atoms with Crippen LogP contribution in [0.2, 0.25) is 0 Å². The second-order valence-corrected chi connectivity index (χ2v) is 6.06. The zero-order chi connectivity index (χ0) is 21.7. The summed E-state index contributed by atoms with van der Waals surface area (Å²) in [5.41, 5.74) is 0.812. The third kappa shape index (κ3) is 4.79. The van der Waals surface area contributed by atoms with E-state index in [9.17, 15) is 19.7 Å². The van der Waals surface area contributed by atoms with Crippen LogP contribution in [0.1, 0.15) is 12.8 Å². The summed E-state index contributed by atoms with van der Waals surface area (Å²) < 4.78 is 15.4. The molecule has 1 N–H and O–H groups in total. The average molecular weight is 411 g/mol. The van der Waals surface area contributed by atoms with Gasteiger partial charge in [0.05, 0.1) is 18.1 Å². The van der Waals surface area contributed by atoms with E-state index in [4.69, 9.17) is 13.9 Å². The van der Waals surface area contributed by atoms with Gasteiger partial charge in [-0.1, -0.05) is 12.1 Å². The molecular weight excluding hydrogens is 394 g/mol. The van der Waals surface area contributed by atoms with Crippen molar-refractivity contribution in [2.75, 3.05) is 12.4 Å². The number of nitro benzene ring substituents is 1. The van der Waals surface area contributed by atoms with Gasteiger partial charge in [-0.05, 0) is 31.2 Å². The van der Waals surface area contributed by atoms with Crippen LogP contribution in [-0.4, -0.2) is 35.0 Å². The number of para-hydroxylation sites is 2. The maximum Gasteiger partial charge on any atom is 0.331 e. The highest BCUT2D eigenvalue weighted by atomic mass is 16.6. The fraction of sp³-hybridized carbons (Fsp3) is 0.150. The molecule has 0 saturated heterocycles. The van der Waals surface area contributed by atoms with Crippen LogP contribution in [0.15, 0.2) is 53.0 Å². The SMILES string of the molecule is COc1ccc(NC(=O)[C@@H](C)OC(=O)/C=C/c2nc3ccccc3o2)c([N+](=O)[O-])c1. The zero-order valence-corrected chi connectivity index (χ0v) is 16.0. The minimum Gasteiger partial charge on any atom is -0.496 e. The van der Waals surface area contributed by atoms with Crippen molar-refractivity contribution in [3.05, 3.63) is 64.5 Å². The number of aromatic nitrogens is 1. The molecule has 3 aromatic rings. The molecule has 2 aromatic carbocycles. The lowest BCUT2D eigenvalue weighted by molar-refractivity contribution is -0.384. The van der Waals surface area contributed by atoms with Gasteiger partial charge in [0, 0.05) is 12.2 Å². The van der Waals surface area contributed by atoms with E-state index in [1.54, 1.807) is 24.3 Å². The molecule has 1 heterocycles. The number of nitro groups is 1. The fourth-order valence-corrected chi connectivity index (χ4v) is 2.50. The number of oxazole rings is 1. The van der Waals surface area contributed by atoms with Gasteiger partial charge in [-0.25, -0.2) is 9.78 Å². The van der Waals surface area contributed by atoms with Crippen molar-refractivity contribution in [2.45, 2.75) is 13.0 Å². The summed E-state index contributed by atoms with van der Waals surface area (Å²) in [6, 6.07) is 11.1. The number of rotatable bonds is 7. The molecule has 0 radical (unpaired) electrons. The highest BCUT2D eigenvalue weighted by Gasteiger charge is 2.22. The van der Waals surface area contributed by atoms with Gasteiger partial charge in [-0.15, -0.1) is 0 Å². The summed E-state index contributed by atoms with van der Waals surface area (Å²) in [7, 11) is 1.37. The Morgan fingerprint density at radius 1 is 1.27 bits per heavy atom. The average Bonchev–Trinajstić information content (AvgIpc) is 3.15. The van der Waals surface area contributed by atoms with Crippen LogP contribution in [0.4, 0.5) is 11.4 Å². The van der Waals surface area contributed by atoms with Crippen molar-refractivity contribution < 1.29 is 28.4 Å². The number of methoxy groups -OCH3 is 1. The van der Waals surface area contributed by atoms with Gasteiger partial charge in [0.25, 0.3) is 11.6 Å². The standard InChI is InChI=1S/C20H17N3O7/c1-12(20(25)22-14-8-7-13(28-2)11-16(14)23(26)27)29-19(24)10-9-18-21-15-5-3-4-6-17(15)30-18/h3-12H,1-2H3,(H,22,25)/b10-9+/t12-/m1/s1. The number of hydrogen-bond donors (Lipinski definition) is 1. The van der Waals surface area contributed by atoms with Gasteiger partial charge in [-0.2, -0.15) is 0 Å². The summed E-state index contributed by atoms with van der Waals surface area (Å²) >= 11 is 0. The fourth-order valence-electron chi connectivity index (χ4n) is 2.50. The van der Waals surface area contributed by atoms with Crippen LogP contribution in [0.5, 0.6) is 5.75 Å². The van der Waals surface area contributed by atoms with Gasteiger partial charge >= 0.3 is 5.97 Å². The second-order valence-electron chi connectivity index (χ2n) is 6.06. The first-order chi connectivity index (χ1) is 14.4. The van der Waals surface area contributed by atoms with Crippen molar-refractivity contribution in [2.24, 2.45) is 0 Å². The first-order valence-electron chi connectivity index (χ1n) is 8.75. The lowest BCUT2D eigenvalue weighted by Crippen LogP contribution is -2.29. The minimum atomic E-state index is -1.20. The number of benzene rings is 2. The van der Waals surface area contributed by atoms with E-state index in [1.165, 1.54) is 38.3 Å². The van der Waals surface area contributed by atoms with Crippen LogP contribution in [0.3, 0.4) is 0 Å². The molecule has 0 fully saturated rings. The Balaban J connectivity index is 1.62. The smallest absolute Gasteiger partial charge is 0.331 e. The molecule has 10 nitrogen and oxygen atoms in total. The Morgan fingerprint density at radius 3 is 2.73 bits per heavy atom. The molecule has 0 aliphatic heterocycles. The number of amides is 1. The number of nitrogens with zero attached hydrogens (tertiary/aromatic N) is 2. The van der Waals surface area contributed by atoms with Gasteiger partial charge < -0.3 is 19.2 Å². The number of carbonyl (C=O) groups excluding carboxylic acids is 2. The molecule has 0 unspecified atom stereocenters. The monoisotopic (exact) mass is 411 g/mol. The maximum atomic E-state index is 12.3. The summed E-state index contributed by atoms with van der Waals surface area (Å²) in [4.78, 5) is 39.0. The molecule has 30 heavy (non-hydrogen) atoms. The molecule has 0 saturated carbocycles. The number of esters is 1. The Kier molecular flexibility index (Phi) is 6.06. The van der Waals surface area contributed by atoms with E-state index >= 15 is 0 Å². The molecular formula is C20H17N3O7. The quantitative estimate of drug-likeness (QED) is 0.271. The summed E-state index contributed by atoms with van der Waals surface area (Å²) in [6.07, 6.45) is 1.19. The van der Waals surface area contributed by atoms with Gasteiger partial charge in [-0.3, -0.25) is 14.9 Å². The molecule has 1 aromatic heterocycles. The van der Waals surface area contributed by atoms with Crippen molar-refractivity contribution >= 4 is 40.4 Å². The number of carbonyl (C=O) groups is 2. The largest absolute Gasteiger partial charge is 0.496 e. The van der Waals surface area contributed by atoms with Crippen LogP contribution >= 0.6 is 0 Å². The van der Waals surface area contributed by atoms with Crippen LogP contribution in [0.25, 0.3) is 17.2 Å². The lowest BCUT2D eigenvalue weighted by atomic mass is 10.2. The molecule has 10 heteroatoms. The number of fused-ring (bicyclic) bond motifs is 1. The molecule has 0 aliphatic rings. The van der Waals surface area contributed by atoms with E-state index in [2.05, 4.69) is 10.3 Å². The molecule has 1 atom stereocenters. The van der Waals surface area contributed by atoms with Crippen molar-refractivity contribution in [3.8, 4) is 5.75 Å². The Morgan fingerprint density at radius 2 is 2.03 bits per heavy atom.